The molecule has 0 spiro atoms. The predicted octanol–water partition coefficient (Wildman–Crippen LogP) is 7.57. The van der Waals surface area contributed by atoms with E-state index in [1.165, 1.54) is 25.7 Å². The third-order valence-corrected chi connectivity index (χ3v) is 7.05. The minimum Gasteiger partial charge on any atom is -0.477 e. The van der Waals surface area contributed by atoms with Crippen LogP contribution in [-0.2, 0) is 28.6 Å². The number of carboxylic acids is 1. The van der Waals surface area contributed by atoms with Crippen LogP contribution in [0.4, 0.5) is 0 Å². The van der Waals surface area contributed by atoms with Crippen LogP contribution in [0.25, 0.3) is 0 Å². The molecule has 0 saturated heterocycles. The molecule has 1 N–H and O–H groups in total. The van der Waals surface area contributed by atoms with E-state index < -0.39 is 18.1 Å². The molecule has 2 atom stereocenters. The van der Waals surface area contributed by atoms with Gasteiger partial charge in [0.15, 0.2) is 12.1 Å². The first-order valence-corrected chi connectivity index (χ1v) is 16.5. The van der Waals surface area contributed by atoms with Gasteiger partial charge in [-0.2, -0.15) is 0 Å². The Morgan fingerprint density at radius 3 is 1.93 bits per heavy atom. The van der Waals surface area contributed by atoms with Gasteiger partial charge in [0, 0.05) is 19.3 Å². The number of carbonyl (C=O) groups excluding carboxylic acids is 2. The van der Waals surface area contributed by atoms with Gasteiger partial charge in [-0.05, 0) is 44.9 Å². The minimum atomic E-state index is -0.885. The molecule has 43 heavy (non-hydrogen) atoms. The molecule has 0 aromatic rings. The van der Waals surface area contributed by atoms with E-state index in [4.69, 9.17) is 14.2 Å². The van der Waals surface area contributed by atoms with E-state index in [9.17, 15) is 19.5 Å². The van der Waals surface area contributed by atoms with Crippen LogP contribution < -0.4 is 0 Å². The van der Waals surface area contributed by atoms with Crippen LogP contribution in [0.5, 0.6) is 0 Å². The zero-order chi connectivity index (χ0) is 32.2. The average Bonchev–Trinajstić information content (AvgIpc) is 2.94. The van der Waals surface area contributed by atoms with E-state index in [0.717, 1.165) is 51.4 Å². The molecule has 0 radical (unpaired) electrons. The normalized spacial score (nSPS) is 13.6. The summed E-state index contributed by atoms with van der Waals surface area (Å²) in [6.07, 6.45) is 26.4. The Morgan fingerprint density at radius 1 is 0.721 bits per heavy atom. The number of allylic oxidation sites excluding steroid dienone is 6. The van der Waals surface area contributed by atoms with Crippen molar-refractivity contribution in [2.75, 3.05) is 41.0 Å². The highest BCUT2D eigenvalue weighted by Gasteiger charge is 2.31. The van der Waals surface area contributed by atoms with Gasteiger partial charge >= 0.3 is 17.9 Å². The second-order valence-electron chi connectivity index (χ2n) is 12.0. The first kappa shape index (κ1) is 40.5. The lowest BCUT2D eigenvalue weighted by atomic mass is 10.1. The van der Waals surface area contributed by atoms with Gasteiger partial charge < -0.3 is 23.8 Å². The molecule has 0 rings (SSSR count). The maximum absolute atomic E-state index is 12.5. The van der Waals surface area contributed by atoms with Gasteiger partial charge in [-0.1, -0.05) is 88.8 Å². The lowest BCUT2D eigenvalue weighted by Gasteiger charge is -2.31. The summed E-state index contributed by atoms with van der Waals surface area (Å²) in [4.78, 5) is 36.4. The molecule has 0 aromatic heterocycles. The number of carbonyl (C=O) groups is 3. The van der Waals surface area contributed by atoms with E-state index in [1.807, 2.05) is 21.1 Å². The molecule has 248 valence electrons. The van der Waals surface area contributed by atoms with Gasteiger partial charge in [0.2, 0.25) is 0 Å². The molecule has 0 fully saturated rings. The third-order valence-electron chi connectivity index (χ3n) is 7.05. The van der Waals surface area contributed by atoms with Gasteiger partial charge in [0.25, 0.3) is 0 Å². The Morgan fingerprint density at radius 2 is 1.30 bits per heavy atom. The van der Waals surface area contributed by atoms with Crippen LogP contribution in [0, 0.1) is 0 Å². The second-order valence-corrected chi connectivity index (χ2v) is 12.0. The van der Waals surface area contributed by atoms with E-state index in [0.29, 0.717) is 19.3 Å². The summed E-state index contributed by atoms with van der Waals surface area (Å²) in [6.45, 7) is 4.49. The Balaban J connectivity index is 4.57. The molecule has 0 aliphatic rings. The van der Waals surface area contributed by atoms with Crippen LogP contribution in [0.1, 0.15) is 117 Å². The highest BCUT2D eigenvalue weighted by atomic mass is 16.6. The first-order valence-electron chi connectivity index (χ1n) is 16.5. The minimum absolute atomic E-state index is 0.0461. The highest BCUT2D eigenvalue weighted by Crippen LogP contribution is 2.11. The van der Waals surface area contributed by atoms with Gasteiger partial charge in [0.1, 0.15) is 6.61 Å². The van der Waals surface area contributed by atoms with E-state index >= 15 is 0 Å². The monoisotopic (exact) mass is 608 g/mol. The predicted molar refractivity (Wildman–Crippen MR) is 174 cm³/mol. The summed E-state index contributed by atoms with van der Waals surface area (Å²) in [7, 11) is 5.48. The van der Waals surface area contributed by atoms with Crippen LogP contribution in [0.2, 0.25) is 0 Å². The topological polar surface area (TPSA) is 99.1 Å². The number of unbranched alkanes of at least 4 members (excludes halogenated alkanes) is 8. The molecule has 0 aliphatic carbocycles. The summed E-state index contributed by atoms with van der Waals surface area (Å²) in [5, 5.41) is 9.53. The van der Waals surface area contributed by atoms with Gasteiger partial charge in [0.05, 0.1) is 34.4 Å². The fourth-order valence-electron chi connectivity index (χ4n) is 4.46. The molecule has 0 amide bonds. The summed E-state index contributed by atoms with van der Waals surface area (Å²) in [6, 6.07) is -0.617. The fourth-order valence-corrected chi connectivity index (χ4v) is 4.46. The van der Waals surface area contributed by atoms with Gasteiger partial charge in [-0.3, -0.25) is 9.59 Å². The van der Waals surface area contributed by atoms with Gasteiger partial charge in [-0.15, -0.1) is 0 Å². The van der Waals surface area contributed by atoms with Crippen molar-refractivity contribution in [2.45, 2.75) is 129 Å². The number of likely N-dealkylation sites (N-methyl/N-ethyl adjacent to an activating group) is 1. The van der Waals surface area contributed by atoms with E-state index in [-0.39, 0.29) is 42.7 Å². The SMILES string of the molecule is CC/C=C/C/C=C/C/C=C/CCCCC(=O)OC(COCCC(C(=O)O)[N+](C)(C)C)COC(=O)CCCCCCCCC. The van der Waals surface area contributed by atoms with Crippen LogP contribution in [-0.4, -0.2) is 80.6 Å². The quantitative estimate of drug-likeness (QED) is 0.0423. The standard InChI is InChI=1S/C35H61NO7/c1-6-8-10-12-14-15-16-17-18-20-22-24-26-34(38)43-31(29-41-28-27-32(35(39)40)36(3,4)5)30-42-33(37)25-23-21-19-13-11-9-7-2/h8,10,14-15,17-18,31-32H,6-7,9,11-13,16,19-30H2,1-5H3/p+1/b10-8+,15-14+,18-17+. The zero-order valence-corrected chi connectivity index (χ0v) is 27.9. The number of hydrogen-bond donors (Lipinski definition) is 1. The molecule has 0 heterocycles. The second kappa shape index (κ2) is 27.1. The van der Waals surface area contributed by atoms with Crippen LogP contribution in [0.3, 0.4) is 0 Å². The number of quaternary nitrogens is 1. The molecule has 0 aromatic carbocycles. The van der Waals surface area contributed by atoms with Gasteiger partial charge in [-0.25, -0.2) is 4.79 Å². The average molecular weight is 609 g/mol. The van der Waals surface area contributed by atoms with Crippen molar-refractivity contribution in [3.05, 3.63) is 36.5 Å². The van der Waals surface area contributed by atoms with Crippen molar-refractivity contribution in [3.63, 3.8) is 0 Å². The number of aliphatic carboxylic acids is 1. The molecular formula is C35H62NO7+. The van der Waals surface area contributed by atoms with Crippen molar-refractivity contribution >= 4 is 17.9 Å². The van der Waals surface area contributed by atoms with Crippen LogP contribution >= 0.6 is 0 Å². The van der Waals surface area contributed by atoms with E-state index in [1.54, 1.807) is 0 Å². The molecule has 0 saturated carbocycles. The summed E-state index contributed by atoms with van der Waals surface area (Å²) < 4.78 is 17.0. The Hall–Kier alpha value is -2.45. The van der Waals surface area contributed by atoms with Crippen molar-refractivity contribution < 1.29 is 38.2 Å². The smallest absolute Gasteiger partial charge is 0.362 e. The maximum atomic E-state index is 12.5. The van der Waals surface area contributed by atoms with E-state index in [2.05, 4.69) is 50.3 Å². The zero-order valence-electron chi connectivity index (χ0n) is 27.9. The summed E-state index contributed by atoms with van der Waals surface area (Å²) >= 11 is 0. The number of carboxylic acid groups (broad SMARTS) is 1. The first-order chi connectivity index (χ1) is 20.6. The molecule has 8 heteroatoms. The van der Waals surface area contributed by atoms with Crippen molar-refractivity contribution in [2.24, 2.45) is 0 Å². The van der Waals surface area contributed by atoms with Crippen molar-refractivity contribution in [1.82, 2.24) is 0 Å². The maximum Gasteiger partial charge on any atom is 0.362 e. The number of nitrogens with zero attached hydrogens (tertiary/aromatic N) is 1. The van der Waals surface area contributed by atoms with Crippen molar-refractivity contribution in [3.8, 4) is 0 Å². The number of hydrogen-bond acceptors (Lipinski definition) is 6. The number of esters is 2. The molecular weight excluding hydrogens is 546 g/mol. The molecule has 0 bridgehead atoms. The third kappa shape index (κ3) is 25.7. The fraction of sp³-hybridized carbons (Fsp3) is 0.743. The highest BCUT2D eigenvalue weighted by molar-refractivity contribution is 5.72. The van der Waals surface area contributed by atoms with Crippen LogP contribution in [0.15, 0.2) is 36.5 Å². The number of rotatable bonds is 28. The van der Waals surface area contributed by atoms with Crippen molar-refractivity contribution in [1.29, 1.82) is 0 Å². The Labute approximate surface area is 262 Å². The molecule has 8 nitrogen and oxygen atoms in total. The molecule has 2 unspecified atom stereocenters. The Bertz CT molecular complexity index is 813. The summed E-state index contributed by atoms with van der Waals surface area (Å²) in [5.41, 5.74) is 0. The Kier molecular flexibility index (Phi) is 25.6. The largest absolute Gasteiger partial charge is 0.477 e. The molecule has 0 aliphatic heterocycles. The number of ether oxygens (including phenoxy) is 3. The lowest BCUT2D eigenvalue weighted by molar-refractivity contribution is -0.887. The summed E-state index contributed by atoms with van der Waals surface area (Å²) in [5.74, 6) is -1.53. The lowest BCUT2D eigenvalue weighted by Crippen LogP contribution is -2.50.